The van der Waals surface area contributed by atoms with Gasteiger partial charge in [-0.15, -0.1) is 0 Å². The molecule has 1 aromatic heterocycles. The minimum Gasteiger partial charge on any atom is -0.354 e. The molecule has 164 valence electrons. The van der Waals surface area contributed by atoms with Crippen molar-refractivity contribution in [1.82, 2.24) is 15.3 Å². The van der Waals surface area contributed by atoms with E-state index in [0.29, 0.717) is 45.2 Å². The van der Waals surface area contributed by atoms with Crippen LogP contribution in [-0.4, -0.2) is 29.6 Å². The highest BCUT2D eigenvalue weighted by Crippen LogP contribution is 2.33. The molecule has 0 amide bonds. The number of benzene rings is 3. The van der Waals surface area contributed by atoms with E-state index in [0.717, 1.165) is 26.1 Å². The highest BCUT2D eigenvalue weighted by molar-refractivity contribution is 5.96. The average Bonchev–Trinajstić information content (AvgIpc) is 3.36. The molecule has 2 N–H and O–H groups in total. The molecule has 33 heavy (non-hydrogen) atoms. The van der Waals surface area contributed by atoms with Crippen LogP contribution in [0.3, 0.4) is 0 Å². The molecule has 0 unspecified atom stereocenters. The van der Waals surface area contributed by atoms with E-state index in [4.69, 9.17) is 11.6 Å². The highest BCUT2D eigenvalue weighted by atomic mass is 19.1. The second-order valence-electron chi connectivity index (χ2n) is 8.13. The fourth-order valence-electron chi connectivity index (χ4n) is 4.16. The zero-order valence-electron chi connectivity index (χ0n) is 17.8. The number of rotatable bonds is 5. The van der Waals surface area contributed by atoms with Crippen LogP contribution in [0.15, 0.2) is 60.7 Å². The lowest BCUT2D eigenvalue weighted by Gasteiger charge is -2.14. The number of nitrogens with one attached hydrogen (secondary N) is 2. The predicted octanol–water partition coefficient (Wildman–Crippen LogP) is 5.81. The van der Waals surface area contributed by atoms with Crippen molar-refractivity contribution in [3.8, 4) is 22.4 Å². The lowest BCUT2D eigenvalue weighted by Crippen LogP contribution is -2.18. The van der Waals surface area contributed by atoms with Crippen molar-refractivity contribution in [1.29, 1.82) is 0 Å². The lowest BCUT2D eigenvalue weighted by molar-refractivity contribution is 0.613. The fourth-order valence-corrected chi connectivity index (χ4v) is 4.16. The summed E-state index contributed by atoms with van der Waals surface area (Å²) in [7, 11) is 0. The van der Waals surface area contributed by atoms with Gasteiger partial charge in [-0.05, 0) is 55.3 Å². The first-order valence-electron chi connectivity index (χ1n) is 10.8. The Kier molecular flexibility index (Phi) is 5.68. The van der Waals surface area contributed by atoms with Crippen LogP contribution >= 0.6 is 0 Å². The van der Waals surface area contributed by atoms with Crippen LogP contribution in [-0.2, 0) is 0 Å². The Bertz CT molecular complexity index is 1370. The van der Waals surface area contributed by atoms with Crippen molar-refractivity contribution in [2.75, 3.05) is 25.0 Å². The van der Waals surface area contributed by atoms with Crippen molar-refractivity contribution >= 4 is 22.5 Å². The van der Waals surface area contributed by atoms with Gasteiger partial charge in [-0.25, -0.2) is 23.6 Å². The van der Waals surface area contributed by atoms with E-state index in [-0.39, 0.29) is 11.5 Å². The fraction of sp³-hybridized carbons (Fsp3) is 0.192. The molecule has 7 heteroatoms. The van der Waals surface area contributed by atoms with Gasteiger partial charge in [0, 0.05) is 23.1 Å². The Morgan fingerprint density at radius 2 is 1.85 bits per heavy atom. The van der Waals surface area contributed by atoms with Crippen molar-refractivity contribution < 1.29 is 8.78 Å². The van der Waals surface area contributed by atoms with Crippen LogP contribution in [0.1, 0.15) is 6.42 Å². The molecule has 1 saturated heterocycles. The molecule has 2 heterocycles. The minimum absolute atomic E-state index is 0.0451. The molecule has 1 aliphatic rings. The number of hydrogen-bond acceptors (Lipinski definition) is 4. The molecule has 1 atom stereocenters. The Balaban J connectivity index is 1.63. The van der Waals surface area contributed by atoms with Crippen molar-refractivity contribution in [3.05, 3.63) is 83.7 Å². The quantitative estimate of drug-likeness (QED) is 0.384. The summed E-state index contributed by atoms with van der Waals surface area (Å²) in [5.41, 5.74) is 2.83. The zero-order valence-corrected chi connectivity index (χ0v) is 17.8. The van der Waals surface area contributed by atoms with Crippen LogP contribution in [0, 0.1) is 24.1 Å². The topological polar surface area (TPSA) is 54.2 Å². The molecule has 0 saturated carbocycles. The van der Waals surface area contributed by atoms with E-state index in [1.54, 1.807) is 24.3 Å². The number of aromatic nitrogens is 2. The van der Waals surface area contributed by atoms with E-state index < -0.39 is 5.82 Å². The van der Waals surface area contributed by atoms with Gasteiger partial charge in [-0.2, -0.15) is 0 Å². The average molecular weight is 441 g/mol. The standard InChI is InChI=1S/C26H21F2N5/c1-29-24-9-7-18(13-22(24)28)25-20-12-17(19-4-2-3-5-21(19)27)6-8-23(20)32-26(33-25)31-15-16-10-11-30-14-16/h2-9,12-13,16,30H,10-11,14-15H2,(H,31,32,33)/t16-/m0/s1. The molecule has 3 aromatic carbocycles. The molecule has 4 aromatic rings. The van der Waals surface area contributed by atoms with Gasteiger partial charge in [0.1, 0.15) is 11.6 Å². The lowest BCUT2D eigenvalue weighted by atomic mass is 10.00. The van der Waals surface area contributed by atoms with Crippen molar-refractivity contribution in [3.63, 3.8) is 0 Å². The predicted molar refractivity (Wildman–Crippen MR) is 126 cm³/mol. The summed E-state index contributed by atoms with van der Waals surface area (Å²) >= 11 is 0. The Morgan fingerprint density at radius 1 is 1.00 bits per heavy atom. The first-order chi connectivity index (χ1) is 16.1. The summed E-state index contributed by atoms with van der Waals surface area (Å²) in [5, 5.41) is 7.34. The SMILES string of the molecule is [C-]#[N+]c1ccc(-c2nc(NC[C@H]3CCNC3)nc3ccc(-c4ccccc4F)cc23)cc1F. The number of anilines is 1. The number of hydrogen-bond donors (Lipinski definition) is 2. The van der Waals surface area contributed by atoms with E-state index in [2.05, 4.69) is 20.5 Å². The maximum atomic E-state index is 14.5. The monoisotopic (exact) mass is 441 g/mol. The number of halogens is 2. The second kappa shape index (κ2) is 8.93. The maximum absolute atomic E-state index is 14.5. The third-order valence-electron chi connectivity index (χ3n) is 5.93. The van der Waals surface area contributed by atoms with E-state index >= 15 is 0 Å². The third-order valence-corrected chi connectivity index (χ3v) is 5.93. The normalized spacial score (nSPS) is 15.5. The summed E-state index contributed by atoms with van der Waals surface area (Å²) in [5.74, 6) is 0.0190. The summed E-state index contributed by atoms with van der Waals surface area (Å²) in [6, 6.07) is 16.5. The Labute approximate surface area is 190 Å². The number of nitrogens with zero attached hydrogens (tertiary/aromatic N) is 3. The molecule has 0 radical (unpaired) electrons. The molecule has 5 nitrogen and oxygen atoms in total. The largest absolute Gasteiger partial charge is 0.354 e. The maximum Gasteiger partial charge on any atom is 0.223 e. The van der Waals surface area contributed by atoms with Gasteiger partial charge in [0.25, 0.3) is 0 Å². The van der Waals surface area contributed by atoms with Gasteiger partial charge in [-0.3, -0.25) is 0 Å². The van der Waals surface area contributed by atoms with Gasteiger partial charge in [-0.1, -0.05) is 36.4 Å². The zero-order chi connectivity index (χ0) is 22.8. The van der Waals surface area contributed by atoms with Crippen LogP contribution < -0.4 is 10.6 Å². The van der Waals surface area contributed by atoms with Crippen LogP contribution in [0.5, 0.6) is 0 Å². The Hall–Kier alpha value is -3.89. The number of fused-ring (bicyclic) bond motifs is 1. The Morgan fingerprint density at radius 3 is 2.61 bits per heavy atom. The van der Waals surface area contributed by atoms with Crippen molar-refractivity contribution in [2.45, 2.75) is 6.42 Å². The van der Waals surface area contributed by atoms with Gasteiger partial charge >= 0.3 is 0 Å². The first kappa shape index (κ1) is 21.0. The molecule has 1 fully saturated rings. The molecule has 0 spiro atoms. The van der Waals surface area contributed by atoms with Crippen LogP contribution in [0.2, 0.25) is 0 Å². The van der Waals surface area contributed by atoms with Crippen molar-refractivity contribution in [2.24, 2.45) is 5.92 Å². The van der Waals surface area contributed by atoms with E-state index in [9.17, 15) is 8.78 Å². The third kappa shape index (κ3) is 4.26. The molecular formula is C26H21F2N5. The van der Waals surface area contributed by atoms with Gasteiger partial charge in [0.05, 0.1) is 17.8 Å². The second-order valence-corrected chi connectivity index (χ2v) is 8.13. The van der Waals surface area contributed by atoms with Gasteiger partial charge < -0.3 is 10.6 Å². The molecule has 1 aliphatic heterocycles. The van der Waals surface area contributed by atoms with Crippen LogP contribution in [0.4, 0.5) is 20.4 Å². The van der Waals surface area contributed by atoms with Gasteiger partial charge in [0.2, 0.25) is 11.6 Å². The first-order valence-corrected chi connectivity index (χ1v) is 10.8. The molecular weight excluding hydrogens is 420 g/mol. The van der Waals surface area contributed by atoms with Gasteiger partial charge in [0.15, 0.2) is 0 Å². The smallest absolute Gasteiger partial charge is 0.223 e. The van der Waals surface area contributed by atoms with E-state index in [1.807, 2.05) is 18.2 Å². The highest BCUT2D eigenvalue weighted by Gasteiger charge is 2.17. The van der Waals surface area contributed by atoms with Crippen LogP contribution in [0.25, 0.3) is 38.1 Å². The summed E-state index contributed by atoms with van der Waals surface area (Å²) in [6.45, 7) is 9.79. The molecule has 5 rings (SSSR count). The summed E-state index contributed by atoms with van der Waals surface area (Å²) < 4.78 is 28.9. The summed E-state index contributed by atoms with van der Waals surface area (Å²) in [4.78, 5) is 12.6. The molecule has 0 aliphatic carbocycles. The van der Waals surface area contributed by atoms with E-state index in [1.165, 1.54) is 18.2 Å². The summed E-state index contributed by atoms with van der Waals surface area (Å²) in [6.07, 6.45) is 1.09. The molecule has 0 bridgehead atoms. The minimum atomic E-state index is -0.606.